The third-order valence-corrected chi connectivity index (χ3v) is 1.46. The first-order chi connectivity index (χ1) is 4.91. The van der Waals surface area contributed by atoms with Crippen molar-refractivity contribution in [2.45, 2.75) is 52.4 Å². The molecule has 0 fully saturated rings. The van der Waals surface area contributed by atoms with Crippen LogP contribution in [0.4, 0.5) is 0 Å². The lowest BCUT2D eigenvalue weighted by Gasteiger charge is -1.93. The number of hydrogen-bond acceptors (Lipinski definition) is 1. The predicted octanol–water partition coefficient (Wildman–Crippen LogP) is 2.98. The lowest BCUT2D eigenvalue weighted by atomic mass is 10.1. The van der Waals surface area contributed by atoms with Crippen LogP contribution in [0.2, 0.25) is 0 Å². The third kappa shape index (κ3) is 15.7. The van der Waals surface area contributed by atoms with Crippen molar-refractivity contribution in [3.63, 3.8) is 0 Å². The molecule has 0 aromatic carbocycles. The molecule has 10 heavy (non-hydrogen) atoms. The molecular formula is C9H22O. The van der Waals surface area contributed by atoms with Gasteiger partial charge in [-0.2, -0.15) is 0 Å². The topological polar surface area (TPSA) is 20.2 Å². The maximum absolute atomic E-state index is 7.00. The van der Waals surface area contributed by atoms with Crippen LogP contribution >= 0.6 is 0 Å². The second-order valence-corrected chi connectivity index (χ2v) is 2.41. The molecular weight excluding hydrogens is 124 g/mol. The first-order valence-electron chi connectivity index (χ1n) is 4.36. The highest BCUT2D eigenvalue weighted by Gasteiger charge is 1.83. The molecule has 0 aliphatic carbocycles. The van der Waals surface area contributed by atoms with E-state index in [4.69, 9.17) is 5.11 Å². The smallest absolute Gasteiger partial charge is 0.0319 e. The third-order valence-electron chi connectivity index (χ3n) is 1.46. The van der Waals surface area contributed by atoms with Gasteiger partial charge in [0, 0.05) is 7.11 Å². The zero-order chi connectivity index (χ0) is 8.24. The second kappa shape index (κ2) is 16.0. The van der Waals surface area contributed by atoms with Crippen LogP contribution in [0.3, 0.4) is 0 Å². The van der Waals surface area contributed by atoms with Gasteiger partial charge in [0.25, 0.3) is 0 Å². The normalized spacial score (nSPS) is 8.40. The van der Waals surface area contributed by atoms with Gasteiger partial charge in [0.1, 0.15) is 0 Å². The second-order valence-electron chi connectivity index (χ2n) is 2.41. The van der Waals surface area contributed by atoms with Crippen LogP contribution in [0.15, 0.2) is 0 Å². The largest absolute Gasteiger partial charge is 0.400 e. The van der Waals surface area contributed by atoms with Crippen molar-refractivity contribution in [3.05, 3.63) is 0 Å². The molecule has 0 radical (unpaired) electrons. The van der Waals surface area contributed by atoms with Gasteiger partial charge < -0.3 is 5.11 Å². The first kappa shape index (κ1) is 12.6. The molecule has 1 heteroatoms. The fourth-order valence-corrected chi connectivity index (χ4v) is 0.854. The first-order valence-corrected chi connectivity index (χ1v) is 4.36. The number of aliphatic hydroxyl groups excluding tert-OH is 1. The monoisotopic (exact) mass is 146 g/mol. The summed E-state index contributed by atoms with van der Waals surface area (Å²) in [5.74, 6) is 0. The molecule has 0 unspecified atom stereocenters. The van der Waals surface area contributed by atoms with Crippen LogP contribution < -0.4 is 0 Å². The SMILES string of the molecule is CCCCCCCC.CO. The Morgan fingerprint density at radius 3 is 1.20 bits per heavy atom. The van der Waals surface area contributed by atoms with E-state index in [1.54, 1.807) is 0 Å². The summed E-state index contributed by atoms with van der Waals surface area (Å²) in [5, 5.41) is 7.00. The van der Waals surface area contributed by atoms with Crippen LogP contribution in [0, 0.1) is 0 Å². The average molecular weight is 146 g/mol. The molecule has 1 N–H and O–H groups in total. The van der Waals surface area contributed by atoms with Crippen molar-refractivity contribution in [3.8, 4) is 0 Å². The van der Waals surface area contributed by atoms with E-state index in [2.05, 4.69) is 13.8 Å². The van der Waals surface area contributed by atoms with E-state index in [1.807, 2.05) is 0 Å². The summed E-state index contributed by atoms with van der Waals surface area (Å²) in [6.45, 7) is 4.51. The van der Waals surface area contributed by atoms with Crippen LogP contribution in [0.1, 0.15) is 52.4 Å². The molecule has 0 aromatic heterocycles. The molecule has 64 valence electrons. The van der Waals surface area contributed by atoms with Gasteiger partial charge in [-0.05, 0) is 0 Å². The quantitative estimate of drug-likeness (QED) is 0.591. The minimum absolute atomic E-state index is 1.00. The van der Waals surface area contributed by atoms with Crippen LogP contribution in [-0.2, 0) is 0 Å². The summed E-state index contributed by atoms with van der Waals surface area (Å²) in [4.78, 5) is 0. The molecule has 0 saturated carbocycles. The molecule has 0 aromatic rings. The van der Waals surface area contributed by atoms with Gasteiger partial charge in [-0.3, -0.25) is 0 Å². The van der Waals surface area contributed by atoms with Crippen molar-refractivity contribution in [2.24, 2.45) is 0 Å². The Balaban J connectivity index is 0. The van der Waals surface area contributed by atoms with Gasteiger partial charge in [0.05, 0.1) is 0 Å². The molecule has 0 bridgehead atoms. The zero-order valence-electron chi connectivity index (χ0n) is 7.69. The van der Waals surface area contributed by atoms with Crippen molar-refractivity contribution in [1.82, 2.24) is 0 Å². The highest BCUT2D eigenvalue weighted by molar-refractivity contribution is 4.39. The maximum Gasteiger partial charge on any atom is 0.0319 e. The van der Waals surface area contributed by atoms with Gasteiger partial charge in [-0.15, -0.1) is 0 Å². The van der Waals surface area contributed by atoms with Crippen molar-refractivity contribution in [2.75, 3.05) is 7.11 Å². The van der Waals surface area contributed by atoms with E-state index < -0.39 is 0 Å². The van der Waals surface area contributed by atoms with E-state index in [0.29, 0.717) is 0 Å². The van der Waals surface area contributed by atoms with E-state index in [0.717, 1.165) is 7.11 Å². The Morgan fingerprint density at radius 1 is 0.700 bits per heavy atom. The fraction of sp³-hybridized carbons (Fsp3) is 1.00. The standard InChI is InChI=1S/C8H18.CH4O/c1-3-5-7-8-6-4-2;1-2/h3-8H2,1-2H3;2H,1H3. The lowest BCUT2D eigenvalue weighted by Crippen LogP contribution is -1.73. The fourth-order valence-electron chi connectivity index (χ4n) is 0.854. The van der Waals surface area contributed by atoms with Crippen LogP contribution in [-0.4, -0.2) is 12.2 Å². The van der Waals surface area contributed by atoms with E-state index in [1.165, 1.54) is 38.5 Å². The Morgan fingerprint density at radius 2 is 1.00 bits per heavy atom. The Bertz CT molecular complexity index is 29.7. The Hall–Kier alpha value is -0.0400. The number of hydrogen-bond donors (Lipinski definition) is 1. The summed E-state index contributed by atoms with van der Waals surface area (Å²) in [7, 11) is 1.00. The zero-order valence-corrected chi connectivity index (χ0v) is 7.69. The molecule has 0 spiro atoms. The maximum atomic E-state index is 7.00. The predicted molar refractivity (Wildman–Crippen MR) is 47.2 cm³/mol. The molecule has 0 rings (SSSR count). The van der Waals surface area contributed by atoms with Crippen LogP contribution in [0.25, 0.3) is 0 Å². The molecule has 0 saturated heterocycles. The summed E-state index contributed by atoms with van der Waals surface area (Å²) < 4.78 is 0. The van der Waals surface area contributed by atoms with Gasteiger partial charge in [-0.1, -0.05) is 52.4 Å². The van der Waals surface area contributed by atoms with E-state index in [-0.39, 0.29) is 0 Å². The highest BCUT2D eigenvalue weighted by Crippen LogP contribution is 2.03. The lowest BCUT2D eigenvalue weighted by molar-refractivity contribution is 0.399. The molecule has 0 aliphatic heterocycles. The Labute approximate surface area is 65.5 Å². The Kier molecular flexibility index (Phi) is 20.2. The molecule has 0 heterocycles. The molecule has 0 amide bonds. The summed E-state index contributed by atoms with van der Waals surface area (Å²) >= 11 is 0. The summed E-state index contributed by atoms with van der Waals surface area (Å²) in [5.41, 5.74) is 0. The minimum Gasteiger partial charge on any atom is -0.400 e. The van der Waals surface area contributed by atoms with E-state index in [9.17, 15) is 0 Å². The summed E-state index contributed by atoms with van der Waals surface area (Å²) in [6, 6.07) is 0. The molecule has 1 nitrogen and oxygen atoms in total. The van der Waals surface area contributed by atoms with Crippen LogP contribution in [0.5, 0.6) is 0 Å². The van der Waals surface area contributed by atoms with Crippen molar-refractivity contribution >= 4 is 0 Å². The molecule has 0 aliphatic rings. The van der Waals surface area contributed by atoms with Crippen molar-refractivity contribution in [1.29, 1.82) is 0 Å². The average Bonchev–Trinajstić information content (AvgIpc) is 2.02. The summed E-state index contributed by atoms with van der Waals surface area (Å²) in [6.07, 6.45) is 8.49. The number of unbranched alkanes of at least 4 members (excludes halogenated alkanes) is 5. The van der Waals surface area contributed by atoms with Gasteiger partial charge in [-0.25, -0.2) is 0 Å². The van der Waals surface area contributed by atoms with Gasteiger partial charge in [0.2, 0.25) is 0 Å². The van der Waals surface area contributed by atoms with Crippen molar-refractivity contribution < 1.29 is 5.11 Å². The van der Waals surface area contributed by atoms with Gasteiger partial charge >= 0.3 is 0 Å². The van der Waals surface area contributed by atoms with Gasteiger partial charge in [0.15, 0.2) is 0 Å². The highest BCUT2D eigenvalue weighted by atomic mass is 16.2. The minimum atomic E-state index is 1.00. The number of aliphatic hydroxyl groups is 1. The molecule has 0 atom stereocenters. The number of rotatable bonds is 5. The van der Waals surface area contributed by atoms with E-state index >= 15 is 0 Å².